The number of nitrogens with one attached hydrogen (secondary N) is 1. The van der Waals surface area contributed by atoms with E-state index in [1.165, 1.54) is 12.1 Å². The van der Waals surface area contributed by atoms with Gasteiger partial charge in [-0.3, -0.25) is 0 Å². The van der Waals surface area contributed by atoms with Crippen molar-refractivity contribution < 1.29 is 12.8 Å². The highest BCUT2D eigenvalue weighted by Crippen LogP contribution is 2.19. The van der Waals surface area contributed by atoms with Crippen LogP contribution in [0.2, 0.25) is 0 Å². The summed E-state index contributed by atoms with van der Waals surface area (Å²) in [5, 5.41) is 3.10. The molecule has 1 aliphatic rings. The average Bonchev–Trinajstić information content (AvgIpc) is 2.13. The summed E-state index contributed by atoms with van der Waals surface area (Å²) >= 11 is 0. The topological polar surface area (TPSA) is 46.2 Å². The number of benzene rings is 1. The van der Waals surface area contributed by atoms with E-state index in [1.807, 2.05) is 13.0 Å². The van der Waals surface area contributed by atoms with Gasteiger partial charge in [-0.1, -0.05) is 0 Å². The molecule has 1 heterocycles. The molecule has 17 heavy (non-hydrogen) atoms. The van der Waals surface area contributed by atoms with Crippen molar-refractivity contribution in [2.75, 3.05) is 16.8 Å². The largest absolute Gasteiger partial charge is 0.381 e. The molecule has 0 aromatic heterocycles. The highest BCUT2D eigenvalue weighted by molar-refractivity contribution is 7.91. The second kappa shape index (κ2) is 4.64. The smallest absolute Gasteiger partial charge is 0.152 e. The average molecular weight is 257 g/mol. The molecule has 1 fully saturated rings. The SMILES string of the molecule is Cc1cc(F)cc(NC2CCCS(=O)(=O)C2)c1. The van der Waals surface area contributed by atoms with E-state index in [1.54, 1.807) is 0 Å². The van der Waals surface area contributed by atoms with Gasteiger partial charge < -0.3 is 5.32 Å². The van der Waals surface area contributed by atoms with E-state index in [0.29, 0.717) is 12.1 Å². The van der Waals surface area contributed by atoms with Crippen molar-refractivity contribution in [2.24, 2.45) is 0 Å². The van der Waals surface area contributed by atoms with Crippen LogP contribution in [0, 0.1) is 12.7 Å². The van der Waals surface area contributed by atoms with Crippen molar-refractivity contribution in [1.82, 2.24) is 0 Å². The van der Waals surface area contributed by atoms with Crippen molar-refractivity contribution in [3.05, 3.63) is 29.6 Å². The summed E-state index contributed by atoms with van der Waals surface area (Å²) in [5.41, 5.74) is 1.48. The van der Waals surface area contributed by atoms with Crippen LogP contribution >= 0.6 is 0 Å². The normalized spacial score (nSPS) is 23.3. The van der Waals surface area contributed by atoms with Crippen molar-refractivity contribution >= 4 is 15.5 Å². The van der Waals surface area contributed by atoms with Crippen molar-refractivity contribution in [3.8, 4) is 0 Å². The number of sulfone groups is 1. The molecule has 0 spiro atoms. The number of rotatable bonds is 2. The molecule has 1 aliphatic heterocycles. The van der Waals surface area contributed by atoms with Crippen molar-refractivity contribution in [3.63, 3.8) is 0 Å². The van der Waals surface area contributed by atoms with Crippen LogP contribution < -0.4 is 5.32 Å². The zero-order valence-corrected chi connectivity index (χ0v) is 10.6. The molecule has 0 bridgehead atoms. The molecule has 94 valence electrons. The third-order valence-corrected chi connectivity index (χ3v) is 4.70. The Kier molecular flexibility index (Phi) is 3.38. The Morgan fingerprint density at radius 2 is 2.12 bits per heavy atom. The minimum absolute atomic E-state index is 0.102. The van der Waals surface area contributed by atoms with E-state index in [-0.39, 0.29) is 23.4 Å². The lowest BCUT2D eigenvalue weighted by atomic mass is 10.1. The Balaban J connectivity index is 2.10. The fourth-order valence-corrected chi connectivity index (χ4v) is 3.83. The van der Waals surface area contributed by atoms with E-state index >= 15 is 0 Å². The number of hydrogen-bond acceptors (Lipinski definition) is 3. The number of anilines is 1. The summed E-state index contributed by atoms with van der Waals surface area (Å²) in [7, 11) is -2.93. The van der Waals surface area contributed by atoms with E-state index in [2.05, 4.69) is 5.32 Å². The zero-order valence-electron chi connectivity index (χ0n) is 9.74. The molecule has 2 rings (SSSR count). The van der Waals surface area contributed by atoms with Gasteiger partial charge in [-0.2, -0.15) is 0 Å². The van der Waals surface area contributed by atoms with Crippen LogP contribution in [0.4, 0.5) is 10.1 Å². The number of aryl methyl sites for hydroxylation is 1. The number of halogens is 1. The van der Waals surface area contributed by atoms with Gasteiger partial charge in [-0.05, 0) is 43.5 Å². The van der Waals surface area contributed by atoms with Crippen LogP contribution in [0.15, 0.2) is 18.2 Å². The lowest BCUT2D eigenvalue weighted by Gasteiger charge is -2.24. The lowest BCUT2D eigenvalue weighted by molar-refractivity contribution is 0.562. The van der Waals surface area contributed by atoms with Gasteiger partial charge in [-0.25, -0.2) is 12.8 Å². The predicted molar refractivity (Wildman–Crippen MR) is 66.4 cm³/mol. The van der Waals surface area contributed by atoms with Gasteiger partial charge in [0.1, 0.15) is 5.82 Å². The monoisotopic (exact) mass is 257 g/mol. The molecule has 5 heteroatoms. The standard InChI is InChI=1S/C12H16FNO2S/c1-9-5-10(13)7-12(6-9)14-11-3-2-4-17(15,16)8-11/h5-7,11,14H,2-4,8H2,1H3. The van der Waals surface area contributed by atoms with Crippen LogP contribution in [0.1, 0.15) is 18.4 Å². The third kappa shape index (κ3) is 3.43. The van der Waals surface area contributed by atoms with E-state index in [0.717, 1.165) is 12.0 Å². The van der Waals surface area contributed by atoms with Gasteiger partial charge in [-0.15, -0.1) is 0 Å². The molecular formula is C12H16FNO2S. The molecule has 1 saturated heterocycles. The van der Waals surface area contributed by atoms with Gasteiger partial charge in [0.05, 0.1) is 11.5 Å². The van der Waals surface area contributed by atoms with E-state index < -0.39 is 9.84 Å². The molecule has 0 radical (unpaired) electrons. The predicted octanol–water partition coefficient (Wildman–Crippen LogP) is 2.12. The molecule has 0 amide bonds. The second-order valence-electron chi connectivity index (χ2n) is 4.62. The summed E-state index contributed by atoms with van der Waals surface area (Å²) in [5.74, 6) is 0.113. The quantitative estimate of drug-likeness (QED) is 0.882. The van der Waals surface area contributed by atoms with E-state index in [4.69, 9.17) is 0 Å². The van der Waals surface area contributed by atoms with Crippen LogP contribution in [-0.4, -0.2) is 26.0 Å². The Morgan fingerprint density at radius 3 is 2.76 bits per heavy atom. The van der Waals surface area contributed by atoms with Crippen LogP contribution in [0.5, 0.6) is 0 Å². The lowest BCUT2D eigenvalue weighted by Crippen LogP contribution is -2.34. The second-order valence-corrected chi connectivity index (χ2v) is 6.84. The fraction of sp³-hybridized carbons (Fsp3) is 0.500. The third-order valence-electron chi connectivity index (χ3n) is 2.88. The summed E-state index contributed by atoms with van der Waals surface area (Å²) in [6.07, 6.45) is 1.49. The minimum atomic E-state index is -2.93. The molecule has 1 N–H and O–H groups in total. The minimum Gasteiger partial charge on any atom is -0.381 e. The van der Waals surface area contributed by atoms with Crippen molar-refractivity contribution in [2.45, 2.75) is 25.8 Å². The Labute approximate surface area is 101 Å². The maximum atomic E-state index is 13.2. The fourth-order valence-electron chi connectivity index (χ4n) is 2.19. The first kappa shape index (κ1) is 12.4. The molecule has 3 nitrogen and oxygen atoms in total. The first-order valence-corrected chi connectivity index (χ1v) is 7.51. The van der Waals surface area contributed by atoms with Gasteiger partial charge in [0.2, 0.25) is 0 Å². The molecule has 1 atom stereocenters. The highest BCUT2D eigenvalue weighted by Gasteiger charge is 2.24. The first-order valence-electron chi connectivity index (χ1n) is 5.69. The molecule has 1 aromatic rings. The zero-order chi connectivity index (χ0) is 12.5. The maximum absolute atomic E-state index is 13.2. The summed E-state index contributed by atoms with van der Waals surface area (Å²) in [6, 6.07) is 4.57. The molecular weight excluding hydrogens is 241 g/mol. The van der Waals surface area contributed by atoms with Gasteiger partial charge in [0, 0.05) is 11.7 Å². The van der Waals surface area contributed by atoms with Crippen molar-refractivity contribution in [1.29, 1.82) is 0 Å². The number of hydrogen-bond donors (Lipinski definition) is 1. The summed E-state index contributed by atoms with van der Waals surface area (Å²) in [4.78, 5) is 0. The highest BCUT2D eigenvalue weighted by atomic mass is 32.2. The maximum Gasteiger partial charge on any atom is 0.152 e. The van der Waals surface area contributed by atoms with E-state index in [9.17, 15) is 12.8 Å². The molecule has 0 saturated carbocycles. The summed E-state index contributed by atoms with van der Waals surface area (Å²) < 4.78 is 36.1. The van der Waals surface area contributed by atoms with Gasteiger partial charge >= 0.3 is 0 Å². The van der Waals surface area contributed by atoms with Crippen LogP contribution in [-0.2, 0) is 9.84 Å². The molecule has 0 aliphatic carbocycles. The van der Waals surface area contributed by atoms with Crippen LogP contribution in [0.3, 0.4) is 0 Å². The Hall–Kier alpha value is -1.10. The van der Waals surface area contributed by atoms with Gasteiger partial charge in [0.15, 0.2) is 9.84 Å². The summed E-state index contributed by atoms with van der Waals surface area (Å²) in [6.45, 7) is 1.81. The Morgan fingerprint density at radius 1 is 1.35 bits per heavy atom. The van der Waals surface area contributed by atoms with Crippen LogP contribution in [0.25, 0.3) is 0 Å². The first-order chi connectivity index (χ1) is 7.94. The van der Waals surface area contributed by atoms with Gasteiger partial charge in [0.25, 0.3) is 0 Å². The Bertz CT molecular complexity index is 493. The molecule has 1 unspecified atom stereocenters. The molecule has 1 aromatic carbocycles.